The lowest BCUT2D eigenvalue weighted by molar-refractivity contribution is 0.445. The number of hydrogen-bond acceptors (Lipinski definition) is 2. The van der Waals surface area contributed by atoms with Gasteiger partial charge in [0.25, 0.3) is 0 Å². The van der Waals surface area contributed by atoms with Crippen LogP contribution in [0, 0.1) is 0 Å². The lowest BCUT2D eigenvalue weighted by atomic mass is 9.79. The van der Waals surface area contributed by atoms with Gasteiger partial charge in [0.05, 0.1) is 0 Å². The van der Waals surface area contributed by atoms with E-state index >= 15 is 0 Å². The molecule has 3 rings (SSSR count). The third kappa shape index (κ3) is 4.87. The second-order valence-electron chi connectivity index (χ2n) is 10.3. The Hall–Kier alpha value is -2.74. The summed E-state index contributed by atoms with van der Waals surface area (Å²) in [6.45, 7) is 12.7. The summed E-state index contributed by atoms with van der Waals surface area (Å²) in [5.74, 6) is 0.852. The molecule has 3 aromatic rings. The van der Waals surface area contributed by atoms with E-state index in [-0.39, 0.29) is 16.7 Å². The van der Waals surface area contributed by atoms with E-state index in [1.165, 1.54) is 16.7 Å². The first kappa shape index (κ1) is 22.0. The molecule has 1 atom stereocenters. The van der Waals surface area contributed by atoms with Crippen molar-refractivity contribution in [2.45, 2.75) is 64.7 Å². The number of phenolic OH excluding ortho intramolecular Hbond substituents is 2. The zero-order valence-electron chi connectivity index (χ0n) is 19.0. The summed E-state index contributed by atoms with van der Waals surface area (Å²) in [6.07, 6.45) is 0.821. The first-order chi connectivity index (χ1) is 14.0. The van der Waals surface area contributed by atoms with E-state index in [0.717, 1.165) is 17.5 Å². The predicted octanol–water partition coefficient (Wildman–Crippen LogP) is 7.07. The molecule has 0 bridgehead atoms. The third-order valence-corrected chi connectivity index (χ3v) is 5.74. The zero-order chi connectivity index (χ0) is 22.1. The van der Waals surface area contributed by atoms with Crippen molar-refractivity contribution in [2.75, 3.05) is 0 Å². The maximum Gasteiger partial charge on any atom is 0.119 e. The van der Waals surface area contributed by atoms with Crippen LogP contribution < -0.4 is 0 Å². The second-order valence-corrected chi connectivity index (χ2v) is 10.3. The molecule has 0 saturated heterocycles. The third-order valence-electron chi connectivity index (χ3n) is 5.74. The molecule has 0 saturated carbocycles. The van der Waals surface area contributed by atoms with E-state index in [4.69, 9.17) is 0 Å². The Bertz CT molecular complexity index is 1010. The van der Waals surface area contributed by atoms with Crippen molar-refractivity contribution >= 4 is 0 Å². The molecular formula is C28H34O2. The first-order valence-corrected chi connectivity index (χ1v) is 10.7. The minimum absolute atomic E-state index is 0.125. The van der Waals surface area contributed by atoms with Crippen LogP contribution in [0.2, 0.25) is 0 Å². The molecule has 2 nitrogen and oxygen atoms in total. The molecule has 0 heterocycles. The largest absolute Gasteiger partial charge is 0.508 e. The van der Waals surface area contributed by atoms with E-state index in [0.29, 0.717) is 11.5 Å². The van der Waals surface area contributed by atoms with Gasteiger partial charge in [0, 0.05) is 5.92 Å². The van der Waals surface area contributed by atoms with Crippen LogP contribution >= 0.6 is 0 Å². The van der Waals surface area contributed by atoms with Crippen molar-refractivity contribution in [1.82, 2.24) is 0 Å². The molecule has 0 aliphatic rings. The van der Waals surface area contributed by atoms with Crippen molar-refractivity contribution in [3.05, 3.63) is 94.5 Å². The molecule has 0 aliphatic carbocycles. The molecule has 2 heteroatoms. The SMILES string of the molecule is CC(C)(C)c1cc(CC(c2ccccc2)c2ccc(O)c(C(C)(C)C)c2)ccc1O. The van der Waals surface area contributed by atoms with Gasteiger partial charge in [0.1, 0.15) is 11.5 Å². The topological polar surface area (TPSA) is 40.5 Å². The zero-order valence-corrected chi connectivity index (χ0v) is 19.0. The average molecular weight is 403 g/mol. The Morgan fingerprint density at radius 1 is 0.633 bits per heavy atom. The fourth-order valence-electron chi connectivity index (χ4n) is 4.03. The van der Waals surface area contributed by atoms with Gasteiger partial charge in [-0.2, -0.15) is 0 Å². The second kappa shape index (κ2) is 8.18. The quantitative estimate of drug-likeness (QED) is 0.490. The molecule has 3 aromatic carbocycles. The minimum atomic E-state index is -0.140. The van der Waals surface area contributed by atoms with Crippen molar-refractivity contribution in [2.24, 2.45) is 0 Å². The highest BCUT2D eigenvalue weighted by Gasteiger charge is 2.23. The molecule has 0 spiro atoms. The van der Waals surface area contributed by atoms with Gasteiger partial charge in [0.15, 0.2) is 0 Å². The molecule has 158 valence electrons. The highest BCUT2D eigenvalue weighted by Crippen LogP contribution is 2.37. The van der Waals surface area contributed by atoms with Gasteiger partial charge in [-0.1, -0.05) is 96.1 Å². The lowest BCUT2D eigenvalue weighted by Crippen LogP contribution is -2.14. The molecule has 0 fully saturated rings. The van der Waals surface area contributed by atoms with Crippen LogP contribution in [0.3, 0.4) is 0 Å². The Kier molecular flexibility index (Phi) is 5.99. The normalized spacial score (nSPS) is 13.3. The Balaban J connectivity index is 2.09. The van der Waals surface area contributed by atoms with Crippen LogP contribution in [0.5, 0.6) is 11.5 Å². The maximum atomic E-state index is 10.4. The number of benzene rings is 3. The van der Waals surface area contributed by atoms with Crippen LogP contribution in [0.15, 0.2) is 66.7 Å². The van der Waals surface area contributed by atoms with E-state index in [1.807, 2.05) is 30.3 Å². The van der Waals surface area contributed by atoms with Crippen LogP contribution in [0.1, 0.15) is 75.3 Å². The molecular weight excluding hydrogens is 368 g/mol. The number of hydrogen-bond donors (Lipinski definition) is 2. The van der Waals surface area contributed by atoms with Crippen LogP contribution in [0.4, 0.5) is 0 Å². The molecule has 0 radical (unpaired) electrons. The van der Waals surface area contributed by atoms with E-state index in [2.05, 4.69) is 77.9 Å². The summed E-state index contributed by atoms with van der Waals surface area (Å²) in [6, 6.07) is 22.5. The highest BCUT2D eigenvalue weighted by atomic mass is 16.3. The van der Waals surface area contributed by atoms with Crippen molar-refractivity contribution in [3.63, 3.8) is 0 Å². The van der Waals surface area contributed by atoms with Crippen molar-refractivity contribution in [3.8, 4) is 11.5 Å². The minimum Gasteiger partial charge on any atom is -0.508 e. The molecule has 1 unspecified atom stereocenters. The number of phenols is 2. The Morgan fingerprint density at radius 2 is 1.17 bits per heavy atom. The Morgan fingerprint density at radius 3 is 1.73 bits per heavy atom. The molecule has 0 aromatic heterocycles. The summed E-state index contributed by atoms with van der Waals surface area (Å²) < 4.78 is 0. The number of rotatable bonds is 4. The molecule has 0 amide bonds. The van der Waals surface area contributed by atoms with E-state index in [9.17, 15) is 10.2 Å². The Labute approximate surface area is 181 Å². The maximum absolute atomic E-state index is 10.4. The average Bonchev–Trinajstić information content (AvgIpc) is 2.67. The fraction of sp³-hybridized carbons (Fsp3) is 0.357. The fourth-order valence-corrected chi connectivity index (χ4v) is 4.03. The van der Waals surface area contributed by atoms with Crippen molar-refractivity contribution < 1.29 is 10.2 Å². The van der Waals surface area contributed by atoms with Gasteiger partial charge in [-0.25, -0.2) is 0 Å². The van der Waals surface area contributed by atoms with Crippen molar-refractivity contribution in [1.29, 1.82) is 0 Å². The van der Waals surface area contributed by atoms with Crippen LogP contribution in [-0.2, 0) is 17.3 Å². The van der Waals surface area contributed by atoms with E-state index in [1.54, 1.807) is 0 Å². The summed E-state index contributed by atoms with van der Waals surface area (Å²) in [5.41, 5.74) is 5.29. The molecule has 30 heavy (non-hydrogen) atoms. The smallest absolute Gasteiger partial charge is 0.119 e. The predicted molar refractivity (Wildman–Crippen MR) is 126 cm³/mol. The van der Waals surface area contributed by atoms with Crippen LogP contribution in [0.25, 0.3) is 0 Å². The standard InChI is InChI=1S/C28H34O2/c1-27(2,3)23-17-19(12-14-25(23)29)16-22(20-10-8-7-9-11-20)21-13-15-26(30)24(18-21)28(4,5)6/h7-15,17-18,22,29-30H,16H2,1-6H3. The lowest BCUT2D eigenvalue weighted by Gasteiger charge is -2.25. The summed E-state index contributed by atoms with van der Waals surface area (Å²) in [4.78, 5) is 0. The molecule has 0 aliphatic heterocycles. The van der Waals surface area contributed by atoms with Gasteiger partial charge in [-0.15, -0.1) is 0 Å². The van der Waals surface area contributed by atoms with Gasteiger partial charge < -0.3 is 10.2 Å². The highest BCUT2D eigenvalue weighted by molar-refractivity contribution is 5.46. The monoisotopic (exact) mass is 402 g/mol. The van der Waals surface area contributed by atoms with E-state index < -0.39 is 0 Å². The van der Waals surface area contributed by atoms with Gasteiger partial charge in [-0.3, -0.25) is 0 Å². The molecule has 2 N–H and O–H groups in total. The summed E-state index contributed by atoms with van der Waals surface area (Å²) in [7, 11) is 0. The first-order valence-electron chi connectivity index (χ1n) is 10.7. The van der Waals surface area contributed by atoms with Crippen LogP contribution in [-0.4, -0.2) is 10.2 Å². The summed E-state index contributed by atoms with van der Waals surface area (Å²) in [5, 5.41) is 20.8. The number of aromatic hydroxyl groups is 2. The van der Waals surface area contributed by atoms with Gasteiger partial charge in [-0.05, 0) is 57.2 Å². The summed E-state index contributed by atoms with van der Waals surface area (Å²) >= 11 is 0. The van der Waals surface area contributed by atoms with Gasteiger partial charge in [0.2, 0.25) is 0 Å². The van der Waals surface area contributed by atoms with Gasteiger partial charge >= 0.3 is 0 Å².